The van der Waals surface area contributed by atoms with E-state index in [1.165, 1.54) is 18.2 Å². The number of rotatable bonds is 6. The summed E-state index contributed by atoms with van der Waals surface area (Å²) >= 11 is 12.5. The minimum atomic E-state index is -3.45. The molecular formula is C20H16Cl2N4O5S. The average Bonchev–Trinajstić information content (AvgIpc) is 3.26. The van der Waals surface area contributed by atoms with E-state index in [2.05, 4.69) is 19.9 Å². The van der Waals surface area contributed by atoms with E-state index in [-0.39, 0.29) is 27.4 Å². The van der Waals surface area contributed by atoms with Crippen molar-refractivity contribution in [3.63, 3.8) is 0 Å². The molecular weight excluding hydrogens is 479 g/mol. The minimum Gasteiger partial charge on any atom is -0.464 e. The fraction of sp³-hybridized carbons (Fsp3) is 0.100. The number of sulfone groups is 1. The first-order valence-corrected chi connectivity index (χ1v) is 11.5. The molecule has 3 aromatic rings. The van der Waals surface area contributed by atoms with E-state index in [0.29, 0.717) is 16.3 Å². The lowest BCUT2D eigenvalue weighted by Crippen LogP contribution is -2.18. The number of allylic oxidation sites excluding steroid dienone is 1. The predicted molar refractivity (Wildman–Crippen MR) is 120 cm³/mol. The Morgan fingerprint density at radius 1 is 1.16 bits per heavy atom. The molecule has 0 saturated carbocycles. The Morgan fingerprint density at radius 2 is 1.88 bits per heavy atom. The normalized spacial score (nSPS) is 12.9. The highest BCUT2D eigenvalue weighted by Crippen LogP contribution is 2.28. The molecule has 0 spiro atoms. The minimum absolute atomic E-state index is 0.00142. The Morgan fingerprint density at radius 3 is 2.53 bits per heavy atom. The number of nitrogens with zero attached hydrogens (tertiary/aromatic N) is 3. The van der Waals surface area contributed by atoms with Gasteiger partial charge in [0.15, 0.2) is 9.84 Å². The van der Waals surface area contributed by atoms with Crippen molar-refractivity contribution in [3.05, 3.63) is 70.2 Å². The molecule has 0 amide bonds. The lowest BCUT2D eigenvalue weighted by atomic mass is 10.2. The van der Waals surface area contributed by atoms with Crippen molar-refractivity contribution in [2.75, 3.05) is 13.4 Å². The molecule has 0 unspecified atom stereocenters. The smallest absolute Gasteiger partial charge is 0.355 e. The molecule has 1 heterocycles. The maximum Gasteiger partial charge on any atom is 0.355 e. The Hall–Kier alpha value is -3.21. The maximum absolute atomic E-state index is 11.9. The topological polar surface area (TPSA) is 138 Å². The van der Waals surface area contributed by atoms with Crippen molar-refractivity contribution in [3.8, 4) is 11.5 Å². The van der Waals surface area contributed by atoms with Crippen molar-refractivity contribution in [2.24, 2.45) is 10.7 Å². The van der Waals surface area contributed by atoms with Gasteiger partial charge in [0.1, 0.15) is 16.4 Å². The summed E-state index contributed by atoms with van der Waals surface area (Å²) in [4.78, 5) is 16.3. The summed E-state index contributed by atoms with van der Waals surface area (Å²) in [5, 5.41) is 7.87. The Bertz CT molecular complexity index is 1350. The largest absolute Gasteiger partial charge is 0.464 e. The number of ether oxygens (including phenoxy) is 1. The molecule has 2 aromatic carbocycles. The first-order chi connectivity index (χ1) is 15.1. The highest BCUT2D eigenvalue weighted by atomic mass is 35.5. The Kier molecular flexibility index (Phi) is 6.97. The lowest BCUT2D eigenvalue weighted by molar-refractivity contribution is -0.136. The second-order valence-corrected chi connectivity index (χ2v) is 9.14. The van der Waals surface area contributed by atoms with Crippen LogP contribution in [0.3, 0.4) is 0 Å². The lowest BCUT2D eigenvalue weighted by Gasteiger charge is -2.06. The van der Waals surface area contributed by atoms with Crippen LogP contribution in [0.25, 0.3) is 11.5 Å². The van der Waals surface area contributed by atoms with E-state index in [0.717, 1.165) is 13.4 Å². The van der Waals surface area contributed by atoms with Crippen molar-refractivity contribution in [2.45, 2.75) is 4.90 Å². The van der Waals surface area contributed by atoms with Gasteiger partial charge in [-0.05, 0) is 30.3 Å². The first kappa shape index (κ1) is 23.5. The third-order valence-corrected chi connectivity index (χ3v) is 5.88. The van der Waals surface area contributed by atoms with Crippen molar-refractivity contribution in [1.29, 1.82) is 0 Å². The number of benzene rings is 2. The van der Waals surface area contributed by atoms with Crippen molar-refractivity contribution >= 4 is 50.4 Å². The molecule has 2 N–H and O–H groups in total. The zero-order chi connectivity index (χ0) is 23.5. The van der Waals surface area contributed by atoms with Gasteiger partial charge in [-0.15, -0.1) is 10.2 Å². The molecule has 0 aliphatic carbocycles. The standard InChI is InChI=1S/C20H16Cl2N4O5S/c1-30-20(27)16(23)15(22)17(24-14-9-4-3-8-13(14)21)19-26-25-18(31-19)11-6-5-7-12(10-11)32(2,28)29/h3-10H,23H2,1-2H3/b16-15+,24-17?. The van der Waals surface area contributed by atoms with Crippen LogP contribution in [0.4, 0.5) is 5.69 Å². The van der Waals surface area contributed by atoms with Gasteiger partial charge in [0.2, 0.25) is 5.89 Å². The molecule has 32 heavy (non-hydrogen) atoms. The zero-order valence-electron chi connectivity index (χ0n) is 16.7. The zero-order valence-corrected chi connectivity index (χ0v) is 19.1. The SMILES string of the molecule is COC(=O)/C(N)=C(\Cl)C(=Nc1ccccc1Cl)c1nnc(-c2cccc(S(C)(=O)=O)c2)o1. The molecule has 0 aliphatic heterocycles. The number of aromatic nitrogens is 2. The van der Waals surface area contributed by atoms with Gasteiger partial charge in [0.25, 0.3) is 5.89 Å². The number of methoxy groups -OCH3 is 1. The van der Waals surface area contributed by atoms with Gasteiger partial charge in [-0.3, -0.25) is 0 Å². The molecule has 1 aromatic heterocycles. The summed E-state index contributed by atoms with van der Waals surface area (Å²) in [6.45, 7) is 0. The molecule has 0 fully saturated rings. The van der Waals surface area contributed by atoms with Gasteiger partial charge in [0.05, 0.1) is 22.7 Å². The van der Waals surface area contributed by atoms with Gasteiger partial charge >= 0.3 is 5.97 Å². The van der Waals surface area contributed by atoms with Crippen LogP contribution in [0.1, 0.15) is 5.89 Å². The maximum atomic E-state index is 11.9. The second kappa shape index (κ2) is 9.51. The molecule has 0 saturated heterocycles. The summed E-state index contributed by atoms with van der Waals surface area (Å²) < 4.78 is 34.0. The van der Waals surface area contributed by atoms with E-state index in [1.807, 2.05) is 0 Å². The highest BCUT2D eigenvalue weighted by molar-refractivity contribution is 7.90. The molecule has 166 valence electrons. The van der Waals surface area contributed by atoms with Crippen LogP contribution in [0, 0.1) is 0 Å². The number of aliphatic imine (C=N–C) groups is 1. The monoisotopic (exact) mass is 494 g/mol. The average molecular weight is 495 g/mol. The highest BCUT2D eigenvalue weighted by Gasteiger charge is 2.23. The van der Waals surface area contributed by atoms with Crippen LogP contribution >= 0.6 is 23.2 Å². The number of esters is 1. The molecule has 0 aliphatic rings. The Labute approximate surface area is 193 Å². The number of hydrogen-bond acceptors (Lipinski definition) is 9. The Balaban J connectivity index is 2.15. The van der Waals surface area contributed by atoms with Crippen LogP contribution < -0.4 is 5.73 Å². The number of para-hydroxylation sites is 1. The fourth-order valence-electron chi connectivity index (χ4n) is 2.48. The van der Waals surface area contributed by atoms with Crippen LogP contribution in [0.15, 0.2) is 73.6 Å². The molecule has 0 bridgehead atoms. The van der Waals surface area contributed by atoms with E-state index in [4.69, 9.17) is 33.4 Å². The summed E-state index contributed by atoms with van der Waals surface area (Å²) in [5.74, 6) is -1.07. The van der Waals surface area contributed by atoms with E-state index in [9.17, 15) is 13.2 Å². The number of carbonyl (C=O) groups excluding carboxylic acids is 1. The summed E-state index contributed by atoms with van der Waals surface area (Å²) in [5.41, 5.74) is 5.89. The quantitative estimate of drug-likeness (QED) is 0.312. The molecule has 0 atom stereocenters. The molecule has 0 radical (unpaired) electrons. The van der Waals surface area contributed by atoms with Crippen LogP contribution in [0.5, 0.6) is 0 Å². The summed E-state index contributed by atoms with van der Waals surface area (Å²) in [6.07, 6.45) is 1.08. The number of hydrogen-bond donors (Lipinski definition) is 1. The molecule has 12 heteroatoms. The van der Waals surface area contributed by atoms with E-state index < -0.39 is 21.5 Å². The van der Waals surface area contributed by atoms with Gasteiger partial charge in [-0.1, -0.05) is 41.4 Å². The van der Waals surface area contributed by atoms with E-state index in [1.54, 1.807) is 30.3 Å². The molecule has 9 nitrogen and oxygen atoms in total. The van der Waals surface area contributed by atoms with Gasteiger partial charge in [-0.2, -0.15) is 0 Å². The van der Waals surface area contributed by atoms with Crippen molar-refractivity contribution in [1.82, 2.24) is 10.2 Å². The van der Waals surface area contributed by atoms with Gasteiger partial charge in [0, 0.05) is 11.8 Å². The van der Waals surface area contributed by atoms with Crippen molar-refractivity contribution < 1.29 is 22.4 Å². The number of carbonyl (C=O) groups is 1. The van der Waals surface area contributed by atoms with Crippen LogP contribution in [0.2, 0.25) is 5.02 Å². The number of nitrogens with two attached hydrogens (primary N) is 1. The van der Waals surface area contributed by atoms with E-state index >= 15 is 0 Å². The number of halogens is 2. The van der Waals surface area contributed by atoms with Crippen LogP contribution in [-0.4, -0.2) is 43.7 Å². The first-order valence-electron chi connectivity index (χ1n) is 8.83. The molecule has 3 rings (SSSR count). The van der Waals surface area contributed by atoms with Gasteiger partial charge < -0.3 is 14.9 Å². The predicted octanol–water partition coefficient (Wildman–Crippen LogP) is 3.50. The second-order valence-electron chi connectivity index (χ2n) is 6.34. The third kappa shape index (κ3) is 5.16. The summed E-state index contributed by atoms with van der Waals surface area (Å²) in [6, 6.07) is 12.6. The van der Waals surface area contributed by atoms with Crippen LogP contribution in [-0.2, 0) is 19.4 Å². The third-order valence-electron chi connectivity index (χ3n) is 4.07. The summed E-state index contributed by atoms with van der Waals surface area (Å²) in [7, 11) is -2.31. The van der Waals surface area contributed by atoms with Gasteiger partial charge in [-0.25, -0.2) is 18.2 Å². The fourth-order valence-corrected chi connectivity index (χ4v) is 3.52.